The highest BCUT2D eigenvalue weighted by Gasteiger charge is 2.36. The Morgan fingerprint density at radius 3 is 1.17 bits per heavy atom. The van der Waals surface area contributed by atoms with Gasteiger partial charge >= 0.3 is 0 Å². The topological polar surface area (TPSA) is 3.24 Å². The van der Waals surface area contributed by atoms with Gasteiger partial charge in [0.05, 0.1) is 0 Å². The molecule has 0 radical (unpaired) electrons. The monoisotopic (exact) mass is 221 g/mol. The lowest BCUT2D eigenvalue weighted by Gasteiger charge is -2.46. The molecule has 0 amide bonds. The normalized spacial score (nSPS) is 16.8. The van der Waals surface area contributed by atoms with E-state index < -0.39 is 16.5 Å². The van der Waals surface area contributed by atoms with E-state index in [0.29, 0.717) is 5.37 Å². The van der Waals surface area contributed by atoms with Gasteiger partial charge in [0.1, 0.15) is 16.5 Å². The average Bonchev–Trinajstić information content (AvgIpc) is 1.49. The summed E-state index contributed by atoms with van der Waals surface area (Å²) in [6.07, 6.45) is 0. The van der Waals surface area contributed by atoms with Gasteiger partial charge in [-0.15, -0.1) is 0 Å². The molecule has 0 bridgehead atoms. The Morgan fingerprint density at radius 1 is 0.917 bits per heavy atom. The summed E-state index contributed by atoms with van der Waals surface area (Å²) in [4.78, 5) is 0. The van der Waals surface area contributed by atoms with E-state index in [1.807, 2.05) is 0 Å². The standard InChI is InChI=1S/C8H23NSSi2/c1-8(10)9(11(2,3)4)12(5,6)7/h8,10H,1-7H3. The maximum Gasteiger partial charge on any atom is 0.113 e. The zero-order valence-electron chi connectivity index (χ0n) is 9.47. The Morgan fingerprint density at radius 2 is 1.17 bits per heavy atom. The predicted octanol–water partition coefficient (Wildman–Crippen LogP) is 3.23. The Bertz CT molecular complexity index is 132. The van der Waals surface area contributed by atoms with Crippen molar-refractivity contribution >= 4 is 29.1 Å². The van der Waals surface area contributed by atoms with Crippen molar-refractivity contribution in [3.63, 3.8) is 0 Å². The third-order valence-corrected chi connectivity index (χ3v) is 10.2. The van der Waals surface area contributed by atoms with Crippen molar-refractivity contribution < 1.29 is 0 Å². The van der Waals surface area contributed by atoms with Crippen LogP contribution in [0.4, 0.5) is 0 Å². The lowest BCUT2D eigenvalue weighted by molar-refractivity contribution is 0.611. The molecule has 0 rings (SSSR count). The molecule has 74 valence electrons. The van der Waals surface area contributed by atoms with Crippen LogP contribution >= 0.6 is 12.6 Å². The average molecular weight is 222 g/mol. The minimum atomic E-state index is -1.17. The molecule has 0 heterocycles. The second kappa shape index (κ2) is 3.86. The smallest absolute Gasteiger partial charge is 0.113 e. The van der Waals surface area contributed by atoms with Gasteiger partial charge in [0.25, 0.3) is 0 Å². The first-order valence-corrected chi connectivity index (χ1v) is 12.0. The van der Waals surface area contributed by atoms with E-state index >= 15 is 0 Å². The fourth-order valence-electron chi connectivity index (χ4n) is 2.13. The van der Waals surface area contributed by atoms with Gasteiger partial charge in [-0.3, -0.25) is 0 Å². The highest BCUT2D eigenvalue weighted by Crippen LogP contribution is 2.23. The van der Waals surface area contributed by atoms with Gasteiger partial charge in [0.2, 0.25) is 0 Å². The molecule has 0 saturated heterocycles. The summed E-state index contributed by atoms with van der Waals surface area (Å²) >= 11 is 4.58. The predicted molar refractivity (Wildman–Crippen MR) is 67.0 cm³/mol. The van der Waals surface area contributed by atoms with Gasteiger partial charge in [-0.1, -0.05) is 39.3 Å². The van der Waals surface area contributed by atoms with E-state index in [1.54, 1.807) is 0 Å². The zero-order valence-corrected chi connectivity index (χ0v) is 12.4. The third kappa shape index (κ3) is 3.64. The van der Waals surface area contributed by atoms with Crippen LogP contribution in [0.15, 0.2) is 0 Å². The van der Waals surface area contributed by atoms with Gasteiger partial charge in [-0.2, -0.15) is 12.6 Å². The molecule has 0 saturated carbocycles. The second-order valence-electron chi connectivity index (χ2n) is 5.34. The lowest BCUT2D eigenvalue weighted by atomic mass is 10.8. The fourth-order valence-corrected chi connectivity index (χ4v) is 14.5. The van der Waals surface area contributed by atoms with Crippen LogP contribution in [0.5, 0.6) is 0 Å². The highest BCUT2D eigenvalue weighted by atomic mass is 32.1. The van der Waals surface area contributed by atoms with Gasteiger partial charge in [-0.05, 0) is 6.92 Å². The summed E-state index contributed by atoms with van der Waals surface area (Å²) in [5.41, 5.74) is 0. The summed E-state index contributed by atoms with van der Waals surface area (Å²) in [5, 5.41) is 0.420. The van der Waals surface area contributed by atoms with Crippen LogP contribution in [-0.4, -0.2) is 26.1 Å². The Hall–Kier alpha value is 0.744. The first-order valence-electron chi connectivity index (χ1n) is 4.54. The van der Waals surface area contributed by atoms with Crippen molar-refractivity contribution in [3.05, 3.63) is 0 Å². The molecule has 1 unspecified atom stereocenters. The molecule has 12 heavy (non-hydrogen) atoms. The summed E-state index contributed by atoms with van der Waals surface area (Å²) in [7, 11) is -2.33. The van der Waals surface area contributed by atoms with Crippen LogP contribution in [0, 0.1) is 0 Å². The zero-order chi connectivity index (χ0) is 10.2. The van der Waals surface area contributed by atoms with Crippen molar-refractivity contribution in [2.75, 3.05) is 0 Å². The molecule has 4 heteroatoms. The van der Waals surface area contributed by atoms with Crippen molar-refractivity contribution in [1.82, 2.24) is 4.23 Å². The Labute approximate surface area is 85.1 Å². The van der Waals surface area contributed by atoms with E-state index in [2.05, 4.69) is 63.1 Å². The molecular formula is C8H23NSSi2. The Balaban J connectivity index is 4.70. The van der Waals surface area contributed by atoms with E-state index in [0.717, 1.165) is 0 Å². The summed E-state index contributed by atoms with van der Waals surface area (Å²) in [5.74, 6) is 0. The summed E-state index contributed by atoms with van der Waals surface area (Å²) in [6.45, 7) is 16.6. The molecular weight excluding hydrogens is 198 g/mol. The molecule has 0 fully saturated rings. The van der Waals surface area contributed by atoms with Gasteiger partial charge < -0.3 is 4.23 Å². The SMILES string of the molecule is CC(S)N([Si](C)(C)C)[Si](C)(C)C. The summed E-state index contributed by atoms with van der Waals surface area (Å²) < 4.78 is 2.68. The van der Waals surface area contributed by atoms with Crippen LogP contribution in [0.2, 0.25) is 39.3 Å². The summed E-state index contributed by atoms with van der Waals surface area (Å²) in [6, 6.07) is 0. The van der Waals surface area contributed by atoms with E-state index in [4.69, 9.17) is 0 Å². The number of thiol groups is 1. The van der Waals surface area contributed by atoms with Crippen molar-refractivity contribution in [2.45, 2.75) is 51.6 Å². The first kappa shape index (κ1) is 12.7. The maximum absolute atomic E-state index is 4.58. The molecule has 0 spiro atoms. The molecule has 0 aromatic carbocycles. The number of nitrogens with zero attached hydrogens (tertiary/aromatic N) is 1. The maximum atomic E-state index is 4.58. The molecule has 1 nitrogen and oxygen atoms in total. The fraction of sp³-hybridized carbons (Fsp3) is 1.00. The van der Waals surface area contributed by atoms with E-state index in [1.165, 1.54) is 0 Å². The minimum absolute atomic E-state index is 0.420. The van der Waals surface area contributed by atoms with Crippen LogP contribution in [0.3, 0.4) is 0 Å². The quantitative estimate of drug-likeness (QED) is 0.435. The second-order valence-corrected chi connectivity index (χ2v) is 16.2. The molecule has 1 atom stereocenters. The van der Waals surface area contributed by atoms with Crippen LogP contribution in [-0.2, 0) is 0 Å². The van der Waals surface area contributed by atoms with E-state index in [9.17, 15) is 0 Å². The van der Waals surface area contributed by atoms with Gasteiger partial charge in [-0.25, -0.2) is 0 Å². The number of hydrogen-bond acceptors (Lipinski definition) is 2. The van der Waals surface area contributed by atoms with Crippen molar-refractivity contribution in [1.29, 1.82) is 0 Å². The van der Waals surface area contributed by atoms with Crippen LogP contribution < -0.4 is 0 Å². The van der Waals surface area contributed by atoms with Crippen LogP contribution in [0.25, 0.3) is 0 Å². The molecule has 0 N–H and O–H groups in total. The van der Waals surface area contributed by atoms with Crippen molar-refractivity contribution in [3.8, 4) is 0 Å². The number of hydrogen-bond donors (Lipinski definition) is 1. The molecule has 0 aliphatic heterocycles. The lowest BCUT2D eigenvalue weighted by Crippen LogP contribution is -2.61. The third-order valence-electron chi connectivity index (χ3n) is 1.82. The van der Waals surface area contributed by atoms with Gasteiger partial charge in [0, 0.05) is 5.37 Å². The molecule has 0 aliphatic carbocycles. The Kier molecular flexibility index (Phi) is 4.10. The van der Waals surface area contributed by atoms with E-state index in [-0.39, 0.29) is 0 Å². The minimum Gasteiger partial charge on any atom is -0.335 e. The molecule has 0 aromatic rings. The molecule has 0 aromatic heterocycles. The van der Waals surface area contributed by atoms with Gasteiger partial charge in [0.15, 0.2) is 0 Å². The molecule has 0 aliphatic rings. The number of rotatable bonds is 3. The first-order chi connectivity index (χ1) is 5.07. The largest absolute Gasteiger partial charge is 0.335 e. The van der Waals surface area contributed by atoms with Crippen molar-refractivity contribution in [2.24, 2.45) is 0 Å². The highest BCUT2D eigenvalue weighted by molar-refractivity contribution is 7.81. The van der Waals surface area contributed by atoms with Crippen LogP contribution in [0.1, 0.15) is 6.92 Å².